The van der Waals surface area contributed by atoms with E-state index in [4.69, 9.17) is 26.2 Å². The molecular weight excluding hydrogens is 150 g/mol. The Bertz CT molecular complexity index is 109. The third kappa shape index (κ3) is 3.13. The molecule has 0 bridgehead atoms. The lowest BCUT2D eigenvalue weighted by atomic mass is 10.0. The number of hydrogen-bond acceptors (Lipinski definition) is 5. The Hall–Kier alpha value is -0.200. The van der Waals surface area contributed by atoms with Crippen LogP contribution in [0.25, 0.3) is 0 Å². The molecule has 0 saturated carbocycles. The number of nitrogens with two attached hydrogens (primary N) is 1. The van der Waals surface area contributed by atoms with Gasteiger partial charge in [-0.05, 0) is 6.92 Å². The molecule has 11 heavy (non-hydrogen) atoms. The van der Waals surface area contributed by atoms with Gasteiger partial charge in [0.15, 0.2) is 0 Å². The van der Waals surface area contributed by atoms with Crippen molar-refractivity contribution >= 4 is 0 Å². The van der Waals surface area contributed by atoms with Crippen molar-refractivity contribution in [2.24, 2.45) is 5.73 Å². The van der Waals surface area contributed by atoms with Crippen molar-refractivity contribution < 1.29 is 20.4 Å². The summed E-state index contributed by atoms with van der Waals surface area (Å²) in [6.07, 6.45) is -4.15. The highest BCUT2D eigenvalue weighted by atomic mass is 16.4. The second kappa shape index (κ2) is 4.63. The fourth-order valence-electron chi connectivity index (χ4n) is 0.589. The first-order chi connectivity index (χ1) is 5.00. The van der Waals surface area contributed by atoms with Crippen molar-refractivity contribution in [1.82, 2.24) is 0 Å². The average Bonchev–Trinajstić information content (AvgIpc) is 2.00. The molecule has 5 nitrogen and oxygen atoms in total. The number of aliphatic hydroxyl groups is 4. The van der Waals surface area contributed by atoms with Gasteiger partial charge in [0.05, 0.1) is 12.7 Å². The minimum atomic E-state index is -1.45. The maximum atomic E-state index is 8.99. The maximum Gasteiger partial charge on any atom is 0.109 e. The first-order valence-corrected chi connectivity index (χ1v) is 3.24. The summed E-state index contributed by atoms with van der Waals surface area (Å²) in [6, 6.07) is -0.883. The van der Waals surface area contributed by atoms with Crippen molar-refractivity contribution in [3.63, 3.8) is 0 Å². The van der Waals surface area contributed by atoms with Gasteiger partial charge in [-0.25, -0.2) is 0 Å². The molecule has 0 aromatic carbocycles. The average molecular weight is 164 g/mol. The van der Waals surface area contributed by atoms with E-state index in [1.165, 1.54) is 0 Å². The largest absolute Gasteiger partial charge is 0.394 e. The van der Waals surface area contributed by atoms with E-state index in [0.717, 1.165) is 0 Å². The van der Waals surface area contributed by atoms with E-state index in [1.54, 1.807) is 0 Å². The Balaban J connectivity index is 3.90. The molecule has 0 rings (SSSR count). The third-order valence-corrected chi connectivity index (χ3v) is 1.37. The molecule has 0 aromatic rings. The van der Waals surface area contributed by atoms with E-state index < -0.39 is 31.0 Å². The second-order valence-corrected chi connectivity index (χ2v) is 2.39. The summed E-state index contributed by atoms with van der Waals surface area (Å²) in [4.78, 5) is 0. The predicted octanol–water partition coefficient (Wildman–Crippen LogP) is -2.78. The fourth-order valence-corrected chi connectivity index (χ4v) is 0.589. The van der Waals surface area contributed by atoms with E-state index >= 15 is 0 Å². The number of hydrogen-bond donors (Lipinski definition) is 5. The summed E-state index contributed by atoms with van der Waals surface area (Å²) in [6.45, 7) is 2.63. The van der Waals surface area contributed by atoms with Crippen molar-refractivity contribution in [3.8, 4) is 0 Å². The highest BCUT2D eigenvalue weighted by Gasteiger charge is 2.26. The molecule has 0 amide bonds. The van der Waals surface area contributed by atoms with E-state index in [2.05, 4.69) is 6.92 Å². The van der Waals surface area contributed by atoms with Crippen LogP contribution >= 0.6 is 0 Å². The van der Waals surface area contributed by atoms with Crippen LogP contribution < -0.4 is 5.73 Å². The zero-order valence-corrected chi connectivity index (χ0v) is 6.09. The van der Waals surface area contributed by atoms with Crippen LogP contribution in [0.1, 0.15) is 0 Å². The highest BCUT2D eigenvalue weighted by Crippen LogP contribution is 2.01. The van der Waals surface area contributed by atoms with Crippen LogP contribution in [0.2, 0.25) is 0 Å². The first-order valence-electron chi connectivity index (χ1n) is 3.24. The van der Waals surface area contributed by atoms with Gasteiger partial charge in [0.25, 0.3) is 0 Å². The normalized spacial score (nSPS) is 22.4. The zero-order valence-electron chi connectivity index (χ0n) is 6.09. The van der Waals surface area contributed by atoms with Gasteiger partial charge < -0.3 is 26.2 Å². The van der Waals surface area contributed by atoms with Crippen LogP contribution in [0, 0.1) is 6.92 Å². The van der Waals surface area contributed by atoms with E-state index in [1.807, 2.05) is 0 Å². The SMILES string of the molecule is [CH2]C(N)C(O)C(O)C(O)CO. The molecule has 6 N–H and O–H groups in total. The van der Waals surface area contributed by atoms with E-state index in [0.29, 0.717) is 0 Å². The molecule has 0 aromatic heterocycles. The van der Waals surface area contributed by atoms with Crippen molar-refractivity contribution in [2.75, 3.05) is 6.61 Å². The molecule has 0 spiro atoms. The molecule has 0 aliphatic heterocycles. The van der Waals surface area contributed by atoms with Crippen LogP contribution in [-0.4, -0.2) is 51.4 Å². The summed E-state index contributed by atoms with van der Waals surface area (Å²) < 4.78 is 0. The van der Waals surface area contributed by atoms with Crippen molar-refractivity contribution in [1.29, 1.82) is 0 Å². The van der Waals surface area contributed by atoms with Crippen LogP contribution in [0.5, 0.6) is 0 Å². The summed E-state index contributed by atoms with van der Waals surface area (Å²) in [5.41, 5.74) is 5.12. The Labute approximate surface area is 65.1 Å². The lowest BCUT2D eigenvalue weighted by Gasteiger charge is -2.23. The molecule has 67 valence electrons. The summed E-state index contributed by atoms with van der Waals surface area (Å²) in [7, 11) is 0. The summed E-state index contributed by atoms with van der Waals surface area (Å²) >= 11 is 0. The molecule has 4 unspecified atom stereocenters. The molecule has 1 radical (unpaired) electrons. The number of aliphatic hydroxyl groups excluding tert-OH is 4. The van der Waals surface area contributed by atoms with E-state index in [9.17, 15) is 0 Å². The molecule has 0 saturated heterocycles. The second-order valence-electron chi connectivity index (χ2n) is 2.39. The standard InChI is InChI=1S/C6H14NO4/c1-3(7)5(10)6(11)4(9)2-8/h3-6,8-11H,1-2,7H2. The van der Waals surface area contributed by atoms with E-state index in [-0.39, 0.29) is 0 Å². The van der Waals surface area contributed by atoms with Gasteiger partial charge in [-0.2, -0.15) is 0 Å². The van der Waals surface area contributed by atoms with Gasteiger partial charge in [-0.1, -0.05) is 0 Å². The van der Waals surface area contributed by atoms with Gasteiger partial charge in [-0.15, -0.1) is 0 Å². The quantitative estimate of drug-likeness (QED) is 0.309. The van der Waals surface area contributed by atoms with Gasteiger partial charge in [-0.3, -0.25) is 0 Å². The van der Waals surface area contributed by atoms with Gasteiger partial charge in [0.2, 0.25) is 0 Å². The van der Waals surface area contributed by atoms with Crippen LogP contribution in [-0.2, 0) is 0 Å². The van der Waals surface area contributed by atoms with Gasteiger partial charge in [0, 0.05) is 6.04 Å². The van der Waals surface area contributed by atoms with Crippen LogP contribution in [0.15, 0.2) is 0 Å². The minimum absolute atomic E-state index is 0.620. The first kappa shape index (κ1) is 10.8. The topological polar surface area (TPSA) is 107 Å². The predicted molar refractivity (Wildman–Crippen MR) is 38.4 cm³/mol. The molecule has 5 heteroatoms. The third-order valence-electron chi connectivity index (χ3n) is 1.37. The molecular formula is C6H14NO4. The highest BCUT2D eigenvalue weighted by molar-refractivity contribution is 4.84. The fraction of sp³-hybridized carbons (Fsp3) is 0.833. The monoisotopic (exact) mass is 164 g/mol. The molecule has 0 aliphatic rings. The van der Waals surface area contributed by atoms with Crippen molar-refractivity contribution in [3.05, 3.63) is 6.92 Å². The van der Waals surface area contributed by atoms with Crippen molar-refractivity contribution in [2.45, 2.75) is 24.4 Å². The maximum absolute atomic E-state index is 8.99. The Morgan fingerprint density at radius 2 is 1.64 bits per heavy atom. The van der Waals surface area contributed by atoms with Crippen LogP contribution in [0.3, 0.4) is 0 Å². The Kier molecular flexibility index (Phi) is 4.55. The molecule has 0 aliphatic carbocycles. The Morgan fingerprint density at radius 1 is 1.18 bits per heavy atom. The Morgan fingerprint density at radius 3 is 1.91 bits per heavy atom. The van der Waals surface area contributed by atoms with Gasteiger partial charge in [0.1, 0.15) is 12.2 Å². The lowest BCUT2D eigenvalue weighted by molar-refractivity contribution is -0.0793. The lowest BCUT2D eigenvalue weighted by Crippen LogP contribution is -2.48. The molecule has 0 fully saturated rings. The smallest absolute Gasteiger partial charge is 0.109 e. The minimum Gasteiger partial charge on any atom is -0.394 e. The number of rotatable bonds is 4. The van der Waals surface area contributed by atoms with Gasteiger partial charge >= 0.3 is 0 Å². The summed E-state index contributed by atoms with van der Waals surface area (Å²) in [5, 5.41) is 35.1. The van der Waals surface area contributed by atoms with Crippen LogP contribution in [0.4, 0.5) is 0 Å². The summed E-state index contributed by atoms with van der Waals surface area (Å²) in [5.74, 6) is 0. The molecule has 0 heterocycles. The zero-order chi connectivity index (χ0) is 9.02. The molecule has 4 atom stereocenters.